The van der Waals surface area contributed by atoms with Crippen molar-refractivity contribution in [1.82, 2.24) is 4.90 Å². The van der Waals surface area contributed by atoms with E-state index in [0.717, 1.165) is 11.3 Å². The van der Waals surface area contributed by atoms with Crippen LogP contribution in [0.5, 0.6) is 11.5 Å². The van der Waals surface area contributed by atoms with Gasteiger partial charge >= 0.3 is 6.03 Å². The van der Waals surface area contributed by atoms with Gasteiger partial charge in [-0.05, 0) is 30.3 Å². The molecule has 0 radical (unpaired) electrons. The van der Waals surface area contributed by atoms with Crippen molar-refractivity contribution >= 4 is 23.5 Å². The molecule has 1 saturated heterocycles. The SMILES string of the molecule is COc1ccc(OC)c(C2SCCN2C(=O)Nc2ccccc2F)c1. The normalized spacial score (nSPS) is 16.6. The van der Waals surface area contributed by atoms with Gasteiger partial charge in [0.05, 0.1) is 19.9 Å². The van der Waals surface area contributed by atoms with Crippen LogP contribution < -0.4 is 14.8 Å². The van der Waals surface area contributed by atoms with Gasteiger partial charge in [0.1, 0.15) is 22.7 Å². The minimum absolute atomic E-state index is 0.167. The number of nitrogens with one attached hydrogen (secondary N) is 1. The van der Waals surface area contributed by atoms with E-state index in [1.807, 2.05) is 18.2 Å². The Labute approximate surface area is 150 Å². The minimum atomic E-state index is -0.460. The number of hydrogen-bond acceptors (Lipinski definition) is 4. The summed E-state index contributed by atoms with van der Waals surface area (Å²) in [5.74, 6) is 1.70. The number of carbonyl (C=O) groups excluding carboxylic acids is 1. The Hall–Kier alpha value is -2.41. The Bertz CT molecular complexity index is 772. The van der Waals surface area contributed by atoms with Gasteiger partial charge in [-0.1, -0.05) is 12.1 Å². The van der Waals surface area contributed by atoms with Crippen LogP contribution >= 0.6 is 11.8 Å². The number of thioether (sulfide) groups is 1. The van der Waals surface area contributed by atoms with E-state index in [9.17, 15) is 9.18 Å². The molecule has 2 aromatic rings. The maximum absolute atomic E-state index is 13.8. The maximum atomic E-state index is 13.8. The smallest absolute Gasteiger partial charge is 0.323 e. The highest BCUT2D eigenvalue weighted by molar-refractivity contribution is 7.99. The second kappa shape index (κ2) is 7.65. The van der Waals surface area contributed by atoms with Crippen LogP contribution in [0.15, 0.2) is 42.5 Å². The average Bonchev–Trinajstić information content (AvgIpc) is 3.12. The highest BCUT2D eigenvalue weighted by Crippen LogP contribution is 2.43. The van der Waals surface area contributed by atoms with Gasteiger partial charge < -0.3 is 19.7 Å². The molecular formula is C18H19FN2O3S. The van der Waals surface area contributed by atoms with Crippen LogP contribution in [0.25, 0.3) is 0 Å². The Morgan fingerprint density at radius 2 is 2.04 bits per heavy atom. The lowest BCUT2D eigenvalue weighted by atomic mass is 10.1. The number of halogens is 1. The Balaban J connectivity index is 1.85. The van der Waals surface area contributed by atoms with Crippen LogP contribution in [0.1, 0.15) is 10.9 Å². The molecule has 1 aliphatic heterocycles. The van der Waals surface area contributed by atoms with E-state index in [-0.39, 0.29) is 17.1 Å². The van der Waals surface area contributed by atoms with Gasteiger partial charge in [0.2, 0.25) is 0 Å². The first-order valence-corrected chi connectivity index (χ1v) is 8.84. The van der Waals surface area contributed by atoms with Gasteiger partial charge in [-0.3, -0.25) is 0 Å². The molecule has 7 heteroatoms. The van der Waals surface area contributed by atoms with Crippen molar-refractivity contribution in [1.29, 1.82) is 0 Å². The third-order valence-corrected chi connectivity index (χ3v) is 5.21. The first-order chi connectivity index (χ1) is 12.1. The summed E-state index contributed by atoms with van der Waals surface area (Å²) in [6.07, 6.45) is 0. The van der Waals surface area contributed by atoms with E-state index >= 15 is 0 Å². The molecule has 1 heterocycles. The summed E-state index contributed by atoms with van der Waals surface area (Å²) in [7, 11) is 3.19. The van der Waals surface area contributed by atoms with Crippen molar-refractivity contribution in [3.8, 4) is 11.5 Å². The molecule has 1 N–H and O–H groups in total. The summed E-state index contributed by atoms with van der Waals surface area (Å²) in [5.41, 5.74) is 1.02. The largest absolute Gasteiger partial charge is 0.497 e. The monoisotopic (exact) mass is 362 g/mol. The van der Waals surface area contributed by atoms with Crippen LogP contribution in [0.3, 0.4) is 0 Å². The van der Waals surface area contributed by atoms with Crippen LogP contribution in [0.4, 0.5) is 14.9 Å². The van der Waals surface area contributed by atoms with Crippen molar-refractivity contribution < 1.29 is 18.7 Å². The fourth-order valence-corrected chi connectivity index (χ4v) is 3.99. The van der Waals surface area contributed by atoms with E-state index in [1.165, 1.54) is 12.1 Å². The number of ether oxygens (including phenoxy) is 2. The third-order valence-electron chi connectivity index (χ3n) is 3.97. The molecule has 2 amide bonds. The molecule has 1 unspecified atom stereocenters. The number of hydrogen-bond donors (Lipinski definition) is 1. The predicted octanol–water partition coefficient (Wildman–Crippen LogP) is 4.12. The fourth-order valence-electron chi connectivity index (χ4n) is 2.72. The van der Waals surface area contributed by atoms with Crippen molar-refractivity contribution in [3.05, 3.63) is 53.8 Å². The van der Waals surface area contributed by atoms with Gasteiger partial charge in [0.25, 0.3) is 0 Å². The molecule has 0 saturated carbocycles. The lowest BCUT2D eigenvalue weighted by molar-refractivity contribution is 0.213. The summed E-state index contributed by atoms with van der Waals surface area (Å²) < 4.78 is 24.5. The number of anilines is 1. The van der Waals surface area contributed by atoms with E-state index in [4.69, 9.17) is 9.47 Å². The van der Waals surface area contributed by atoms with Crippen LogP contribution in [-0.4, -0.2) is 37.4 Å². The van der Waals surface area contributed by atoms with Crippen LogP contribution in [0, 0.1) is 5.82 Å². The van der Waals surface area contributed by atoms with Crippen molar-refractivity contribution in [2.24, 2.45) is 0 Å². The average molecular weight is 362 g/mol. The van der Waals surface area contributed by atoms with Gasteiger partial charge in [-0.2, -0.15) is 0 Å². The number of rotatable bonds is 4. The van der Waals surface area contributed by atoms with Crippen molar-refractivity contribution in [2.45, 2.75) is 5.37 Å². The summed E-state index contributed by atoms with van der Waals surface area (Å²) in [4.78, 5) is 14.3. The van der Waals surface area contributed by atoms with Gasteiger partial charge in [0, 0.05) is 17.9 Å². The first-order valence-electron chi connectivity index (χ1n) is 7.79. The van der Waals surface area contributed by atoms with E-state index in [2.05, 4.69) is 5.32 Å². The molecule has 0 bridgehead atoms. The minimum Gasteiger partial charge on any atom is -0.497 e. The molecule has 1 fully saturated rings. The number of nitrogens with zero attached hydrogens (tertiary/aromatic N) is 1. The second-order valence-corrected chi connectivity index (χ2v) is 6.62. The van der Waals surface area contributed by atoms with Gasteiger partial charge in [-0.25, -0.2) is 9.18 Å². The van der Waals surface area contributed by atoms with Gasteiger partial charge in [0.15, 0.2) is 0 Å². The predicted molar refractivity (Wildman–Crippen MR) is 96.9 cm³/mol. The molecule has 3 rings (SSSR count). The zero-order valence-electron chi connectivity index (χ0n) is 14.0. The summed E-state index contributed by atoms with van der Waals surface area (Å²) >= 11 is 1.63. The molecule has 0 spiro atoms. The molecule has 0 aromatic heterocycles. The third kappa shape index (κ3) is 3.66. The Kier molecular flexibility index (Phi) is 5.33. The Morgan fingerprint density at radius 1 is 1.24 bits per heavy atom. The quantitative estimate of drug-likeness (QED) is 0.889. The highest BCUT2D eigenvalue weighted by Gasteiger charge is 2.33. The zero-order chi connectivity index (χ0) is 17.8. The number of urea groups is 1. The maximum Gasteiger partial charge on any atom is 0.323 e. The lowest BCUT2D eigenvalue weighted by Crippen LogP contribution is -2.34. The van der Waals surface area contributed by atoms with Crippen LogP contribution in [0.2, 0.25) is 0 Å². The highest BCUT2D eigenvalue weighted by atomic mass is 32.2. The van der Waals surface area contributed by atoms with Crippen molar-refractivity contribution in [2.75, 3.05) is 31.8 Å². The molecule has 1 atom stereocenters. The van der Waals surface area contributed by atoms with Crippen LogP contribution in [-0.2, 0) is 0 Å². The van der Waals surface area contributed by atoms with E-state index in [1.54, 1.807) is 43.0 Å². The lowest BCUT2D eigenvalue weighted by Gasteiger charge is -2.26. The topological polar surface area (TPSA) is 50.8 Å². The number of para-hydroxylation sites is 1. The van der Waals surface area contributed by atoms with Crippen molar-refractivity contribution in [3.63, 3.8) is 0 Å². The number of amides is 2. The number of carbonyl (C=O) groups is 1. The molecule has 0 aliphatic carbocycles. The molecule has 2 aromatic carbocycles. The van der Waals surface area contributed by atoms with Gasteiger partial charge in [-0.15, -0.1) is 11.8 Å². The molecule has 1 aliphatic rings. The molecular weight excluding hydrogens is 343 g/mol. The van der Waals surface area contributed by atoms with E-state index < -0.39 is 5.82 Å². The fraction of sp³-hybridized carbons (Fsp3) is 0.278. The summed E-state index contributed by atoms with van der Waals surface area (Å²) in [6, 6.07) is 11.3. The zero-order valence-corrected chi connectivity index (χ0v) is 14.8. The molecule has 132 valence electrons. The summed E-state index contributed by atoms with van der Waals surface area (Å²) in [6.45, 7) is 0.565. The van der Waals surface area contributed by atoms with E-state index in [0.29, 0.717) is 18.0 Å². The standard InChI is InChI=1S/C18H19FN2O3S/c1-23-12-7-8-16(24-2)13(11-12)17-21(9-10-25-17)18(22)20-15-6-4-3-5-14(15)19/h3-8,11,17H,9-10H2,1-2H3,(H,20,22). The number of methoxy groups -OCH3 is 2. The Morgan fingerprint density at radius 3 is 2.76 bits per heavy atom. The second-order valence-electron chi connectivity index (χ2n) is 5.43. The molecule has 25 heavy (non-hydrogen) atoms. The number of benzene rings is 2. The first kappa shape index (κ1) is 17.4. The summed E-state index contributed by atoms with van der Waals surface area (Å²) in [5, 5.41) is 2.42. The molecule has 5 nitrogen and oxygen atoms in total.